The molecule has 0 saturated heterocycles. The second kappa shape index (κ2) is 9.48. The summed E-state index contributed by atoms with van der Waals surface area (Å²) in [7, 11) is 0. The largest absolute Gasteiger partial charge is 0.465 e. The van der Waals surface area contributed by atoms with Gasteiger partial charge in [-0.1, -0.05) is 12.1 Å². The van der Waals surface area contributed by atoms with Crippen LogP contribution in [-0.4, -0.2) is 54.1 Å². The summed E-state index contributed by atoms with van der Waals surface area (Å²) in [5.41, 5.74) is 1.56. The van der Waals surface area contributed by atoms with Gasteiger partial charge < -0.3 is 35.8 Å². The van der Waals surface area contributed by atoms with Crippen LogP contribution in [0.15, 0.2) is 24.3 Å². The van der Waals surface area contributed by atoms with E-state index in [-0.39, 0.29) is 19.7 Å². The van der Waals surface area contributed by atoms with E-state index in [0.717, 1.165) is 11.3 Å². The highest BCUT2D eigenvalue weighted by molar-refractivity contribution is 5.71. The molecule has 0 saturated carbocycles. The normalized spacial score (nSPS) is 13.0. The number of amides is 1. The maximum absolute atomic E-state index is 11.0. The highest BCUT2D eigenvalue weighted by atomic mass is 16.4. The molecule has 0 bridgehead atoms. The molecule has 0 spiro atoms. The Balaban J connectivity index is 2.42. The summed E-state index contributed by atoms with van der Waals surface area (Å²) in [5, 5.41) is 25.3. The van der Waals surface area contributed by atoms with E-state index < -0.39 is 18.2 Å². The number of rotatable bonds is 10. The van der Waals surface area contributed by atoms with Crippen LogP contribution in [0.3, 0.4) is 0 Å². The van der Waals surface area contributed by atoms with E-state index in [1.165, 1.54) is 0 Å². The summed E-state index contributed by atoms with van der Waals surface area (Å²) in [6.45, 7) is 0.257. The number of nitrogens with one attached hydrogen (secondary N) is 3. The second-order valence-corrected chi connectivity index (χ2v) is 4.58. The molecule has 0 aliphatic carbocycles. The monoisotopic (exact) mass is 309 g/mol. The number of hydrogen-bond donors (Lipinski definition) is 5. The van der Waals surface area contributed by atoms with Gasteiger partial charge in [-0.2, -0.15) is 0 Å². The zero-order valence-electron chi connectivity index (χ0n) is 11.9. The number of aliphatic hydroxyl groups is 1. The number of aliphatic hydroxyl groups excluding tert-OH is 1. The number of benzene rings is 1. The molecule has 22 heavy (non-hydrogen) atoms. The van der Waals surface area contributed by atoms with Gasteiger partial charge in [0.2, 0.25) is 0 Å². The molecule has 0 heterocycles. The minimum absolute atomic E-state index is 0.0182. The van der Waals surface area contributed by atoms with Crippen LogP contribution >= 0.6 is 0 Å². The lowest BCUT2D eigenvalue weighted by molar-refractivity contribution is -0.111. The van der Waals surface area contributed by atoms with Crippen molar-refractivity contribution >= 4 is 24.4 Å². The Morgan fingerprint density at radius 3 is 2.23 bits per heavy atom. The van der Waals surface area contributed by atoms with Crippen LogP contribution < -0.4 is 16.0 Å². The lowest BCUT2D eigenvalue weighted by Crippen LogP contribution is -2.47. The van der Waals surface area contributed by atoms with Crippen molar-refractivity contribution in [3.63, 3.8) is 0 Å². The first-order valence-electron chi connectivity index (χ1n) is 6.66. The van der Waals surface area contributed by atoms with E-state index >= 15 is 0 Å². The molecule has 1 aromatic carbocycles. The molecule has 1 amide bonds. The fourth-order valence-electron chi connectivity index (χ4n) is 1.69. The molecule has 8 nitrogen and oxygen atoms in total. The van der Waals surface area contributed by atoms with Gasteiger partial charge in [0.15, 0.2) is 0 Å². The molecule has 2 atom stereocenters. The Kier molecular flexibility index (Phi) is 7.58. The van der Waals surface area contributed by atoms with Crippen LogP contribution in [0.2, 0.25) is 0 Å². The second-order valence-electron chi connectivity index (χ2n) is 4.58. The Morgan fingerprint density at radius 2 is 1.73 bits per heavy atom. The highest BCUT2D eigenvalue weighted by Gasteiger charge is 2.13. The first-order chi connectivity index (χ1) is 10.6. The standard InChI is InChI=1S/C14H19N3O5/c18-7-10-1-3-11(4-2-10)15-5-12(8-19)16-6-13(9-20)17-14(21)22/h1-4,8-9,12-13,15-18H,5-7H2,(H,21,22)/t12-,13-/m0/s1. The van der Waals surface area contributed by atoms with Gasteiger partial charge in [-0.3, -0.25) is 0 Å². The van der Waals surface area contributed by atoms with Crippen molar-refractivity contribution < 1.29 is 24.6 Å². The number of carbonyl (C=O) groups is 3. The lowest BCUT2D eigenvalue weighted by Gasteiger charge is -2.17. The van der Waals surface area contributed by atoms with Crippen molar-refractivity contribution in [2.75, 3.05) is 18.4 Å². The Labute approximate surface area is 127 Å². The molecule has 1 aromatic rings. The van der Waals surface area contributed by atoms with Gasteiger partial charge in [0, 0.05) is 18.8 Å². The average Bonchev–Trinajstić information content (AvgIpc) is 2.53. The summed E-state index contributed by atoms with van der Waals surface area (Å²) >= 11 is 0. The maximum Gasteiger partial charge on any atom is 0.405 e. The number of carboxylic acid groups (broad SMARTS) is 1. The van der Waals surface area contributed by atoms with Crippen molar-refractivity contribution in [1.82, 2.24) is 10.6 Å². The number of hydrogen-bond acceptors (Lipinski definition) is 6. The van der Waals surface area contributed by atoms with Gasteiger partial charge >= 0.3 is 6.09 Å². The van der Waals surface area contributed by atoms with Crippen molar-refractivity contribution in [1.29, 1.82) is 0 Å². The van der Waals surface area contributed by atoms with Crippen LogP contribution in [0.25, 0.3) is 0 Å². The maximum atomic E-state index is 11.0. The third-order valence-electron chi connectivity index (χ3n) is 2.90. The van der Waals surface area contributed by atoms with Gasteiger partial charge in [-0.25, -0.2) is 4.79 Å². The van der Waals surface area contributed by atoms with E-state index in [0.29, 0.717) is 12.6 Å². The fraction of sp³-hybridized carbons (Fsp3) is 0.357. The summed E-state index contributed by atoms with van der Waals surface area (Å²) in [6.07, 6.45) is -0.162. The van der Waals surface area contributed by atoms with Gasteiger partial charge in [-0.05, 0) is 17.7 Å². The van der Waals surface area contributed by atoms with Gasteiger partial charge in [0.05, 0.1) is 12.6 Å². The smallest absolute Gasteiger partial charge is 0.405 e. The van der Waals surface area contributed by atoms with Crippen LogP contribution in [-0.2, 0) is 16.2 Å². The topological polar surface area (TPSA) is 128 Å². The molecule has 0 aromatic heterocycles. The Bertz CT molecular complexity index is 492. The highest BCUT2D eigenvalue weighted by Crippen LogP contribution is 2.09. The fourth-order valence-corrected chi connectivity index (χ4v) is 1.69. The summed E-state index contributed by atoms with van der Waals surface area (Å²) in [6, 6.07) is 5.57. The van der Waals surface area contributed by atoms with Crippen LogP contribution in [0.1, 0.15) is 5.56 Å². The summed E-state index contributed by atoms with van der Waals surface area (Å²) < 4.78 is 0. The molecule has 0 fully saturated rings. The molecule has 120 valence electrons. The molecule has 5 N–H and O–H groups in total. The summed E-state index contributed by atoms with van der Waals surface area (Å²) in [4.78, 5) is 32.1. The molecule has 1 rings (SSSR count). The third-order valence-corrected chi connectivity index (χ3v) is 2.90. The predicted molar refractivity (Wildman–Crippen MR) is 79.7 cm³/mol. The predicted octanol–water partition coefficient (Wildman–Crippen LogP) is -0.417. The average molecular weight is 309 g/mol. The third kappa shape index (κ3) is 6.33. The van der Waals surface area contributed by atoms with E-state index in [2.05, 4.69) is 10.6 Å². The van der Waals surface area contributed by atoms with Crippen molar-refractivity contribution in [2.45, 2.75) is 18.7 Å². The number of aldehydes is 2. The SMILES string of the molecule is O=C[C@H](CNc1ccc(CO)cc1)NC[C@@H](C=O)NC(=O)O. The van der Waals surface area contributed by atoms with Gasteiger partial charge in [-0.15, -0.1) is 0 Å². The van der Waals surface area contributed by atoms with E-state index in [1.54, 1.807) is 24.3 Å². The molecule has 8 heteroatoms. The van der Waals surface area contributed by atoms with E-state index in [9.17, 15) is 14.4 Å². The van der Waals surface area contributed by atoms with Gasteiger partial charge in [0.1, 0.15) is 18.6 Å². The molecular weight excluding hydrogens is 290 g/mol. The minimum Gasteiger partial charge on any atom is -0.465 e. The van der Waals surface area contributed by atoms with Crippen LogP contribution in [0, 0.1) is 0 Å². The minimum atomic E-state index is -1.30. The van der Waals surface area contributed by atoms with E-state index in [1.807, 2.05) is 5.32 Å². The molecular formula is C14H19N3O5. The van der Waals surface area contributed by atoms with Crippen LogP contribution in [0.4, 0.5) is 10.5 Å². The Morgan fingerprint density at radius 1 is 1.09 bits per heavy atom. The zero-order chi connectivity index (χ0) is 16.4. The molecule has 0 aliphatic rings. The molecule has 0 radical (unpaired) electrons. The van der Waals surface area contributed by atoms with Crippen molar-refractivity contribution in [3.8, 4) is 0 Å². The van der Waals surface area contributed by atoms with Crippen molar-refractivity contribution in [2.24, 2.45) is 0 Å². The molecule has 0 aliphatic heterocycles. The number of anilines is 1. The Hall–Kier alpha value is -2.45. The quantitative estimate of drug-likeness (QED) is 0.371. The molecule has 0 unspecified atom stereocenters. The van der Waals surface area contributed by atoms with Crippen LogP contribution in [0.5, 0.6) is 0 Å². The summed E-state index contributed by atoms with van der Waals surface area (Å²) in [5.74, 6) is 0. The van der Waals surface area contributed by atoms with E-state index in [4.69, 9.17) is 10.2 Å². The number of carbonyl (C=O) groups excluding carboxylic acids is 2. The van der Waals surface area contributed by atoms with Gasteiger partial charge in [0.25, 0.3) is 0 Å². The lowest BCUT2D eigenvalue weighted by atomic mass is 10.2. The first-order valence-corrected chi connectivity index (χ1v) is 6.66. The van der Waals surface area contributed by atoms with Crippen molar-refractivity contribution in [3.05, 3.63) is 29.8 Å². The zero-order valence-corrected chi connectivity index (χ0v) is 11.9. The first kappa shape index (κ1) is 17.6.